The molecule has 0 saturated heterocycles. The Balaban J connectivity index is 2.04. The zero-order valence-electron chi connectivity index (χ0n) is 23.9. The van der Waals surface area contributed by atoms with E-state index in [0.717, 1.165) is 35.1 Å². The van der Waals surface area contributed by atoms with Crippen LogP contribution in [0.2, 0.25) is 0 Å². The fourth-order valence-electron chi connectivity index (χ4n) is 4.38. The Bertz CT molecular complexity index is 943. The summed E-state index contributed by atoms with van der Waals surface area (Å²) in [4.78, 5) is 2.46. The molecule has 1 aliphatic rings. The van der Waals surface area contributed by atoms with Crippen molar-refractivity contribution in [2.45, 2.75) is 131 Å². The molecule has 1 aliphatic carbocycles. The van der Waals surface area contributed by atoms with Gasteiger partial charge in [-0.25, -0.2) is 0 Å². The van der Waals surface area contributed by atoms with Crippen molar-refractivity contribution in [1.82, 2.24) is 0 Å². The van der Waals surface area contributed by atoms with E-state index in [2.05, 4.69) is 107 Å². The van der Waals surface area contributed by atoms with E-state index < -0.39 is 0 Å². The van der Waals surface area contributed by atoms with Gasteiger partial charge in [-0.1, -0.05) is 83.1 Å². The van der Waals surface area contributed by atoms with Crippen LogP contribution in [0.4, 0.5) is 0 Å². The lowest BCUT2D eigenvalue weighted by Gasteiger charge is -2.29. The van der Waals surface area contributed by atoms with E-state index in [1.54, 1.807) is 0 Å². The fourth-order valence-corrected chi connectivity index (χ4v) is 7.30. The second-order valence-corrected chi connectivity index (χ2v) is 17.5. The largest absolute Gasteiger partial charge is 0.507 e. The first-order valence-electron chi connectivity index (χ1n) is 12.8. The molecule has 2 aromatic carbocycles. The summed E-state index contributed by atoms with van der Waals surface area (Å²) >= 11 is 3.88. The van der Waals surface area contributed by atoms with Gasteiger partial charge < -0.3 is 10.2 Å². The highest BCUT2D eigenvalue weighted by Gasteiger charge is 2.46. The number of aromatic hydroxyl groups is 2. The highest BCUT2D eigenvalue weighted by atomic mass is 32.2. The third kappa shape index (κ3) is 6.36. The van der Waals surface area contributed by atoms with Gasteiger partial charge in [0.15, 0.2) is 0 Å². The predicted octanol–water partition coefficient (Wildman–Crippen LogP) is 9.66. The molecule has 4 heteroatoms. The van der Waals surface area contributed by atoms with Crippen molar-refractivity contribution in [2.24, 2.45) is 0 Å². The summed E-state index contributed by atoms with van der Waals surface area (Å²) in [6.07, 6.45) is 2.30. The standard InChI is InChI=1S/C31H46O2S2/c1-27(2,3)21-15-19(16-22(25(21)32)28(4,5)6)34-31(13-14-31)35-20-17-23(29(7,8)9)26(33)24(18-20)30(10,11)12/h15-18,32-33H,13-14H2,1-12H3. The molecular weight excluding hydrogens is 468 g/mol. The van der Waals surface area contributed by atoms with Crippen LogP contribution in [-0.2, 0) is 21.7 Å². The monoisotopic (exact) mass is 514 g/mol. The lowest BCUT2D eigenvalue weighted by Crippen LogP contribution is -2.18. The maximum Gasteiger partial charge on any atom is 0.123 e. The molecule has 0 aliphatic heterocycles. The van der Waals surface area contributed by atoms with Crippen LogP contribution in [0.15, 0.2) is 34.1 Å². The van der Waals surface area contributed by atoms with Gasteiger partial charge in [0.25, 0.3) is 0 Å². The Morgan fingerprint density at radius 1 is 0.514 bits per heavy atom. The Morgan fingerprint density at radius 2 is 0.743 bits per heavy atom. The van der Waals surface area contributed by atoms with Crippen molar-refractivity contribution >= 4 is 23.5 Å². The molecule has 0 radical (unpaired) electrons. The summed E-state index contributed by atoms with van der Waals surface area (Å²) in [5, 5.41) is 22.3. The molecule has 0 bridgehead atoms. The number of hydrogen-bond acceptors (Lipinski definition) is 4. The molecule has 0 amide bonds. The molecule has 0 spiro atoms. The van der Waals surface area contributed by atoms with Gasteiger partial charge in [-0.15, -0.1) is 23.5 Å². The molecule has 0 heterocycles. The van der Waals surface area contributed by atoms with Crippen molar-refractivity contribution in [2.75, 3.05) is 0 Å². The van der Waals surface area contributed by atoms with E-state index in [-0.39, 0.29) is 25.7 Å². The van der Waals surface area contributed by atoms with Crippen molar-refractivity contribution in [3.63, 3.8) is 0 Å². The van der Waals surface area contributed by atoms with Crippen LogP contribution in [0.25, 0.3) is 0 Å². The highest BCUT2D eigenvalue weighted by Crippen LogP contribution is 2.63. The summed E-state index contributed by atoms with van der Waals surface area (Å²) in [6.45, 7) is 26.0. The Kier molecular flexibility index (Phi) is 7.23. The minimum Gasteiger partial charge on any atom is -0.507 e. The van der Waals surface area contributed by atoms with Gasteiger partial charge in [0, 0.05) is 32.0 Å². The second-order valence-electron chi connectivity index (χ2n) is 14.3. The summed E-state index contributed by atoms with van der Waals surface area (Å²) < 4.78 is 0.0859. The Labute approximate surface area is 222 Å². The van der Waals surface area contributed by atoms with Crippen LogP contribution in [0, 0.1) is 0 Å². The van der Waals surface area contributed by atoms with Crippen LogP contribution in [0.3, 0.4) is 0 Å². The maximum atomic E-state index is 11.1. The minimum absolute atomic E-state index is 0.0859. The van der Waals surface area contributed by atoms with Crippen LogP contribution >= 0.6 is 23.5 Å². The van der Waals surface area contributed by atoms with E-state index in [1.165, 1.54) is 9.79 Å². The molecule has 3 rings (SSSR count). The van der Waals surface area contributed by atoms with Gasteiger partial charge in [-0.05, 0) is 58.8 Å². The summed E-state index contributed by atoms with van der Waals surface area (Å²) in [5.74, 6) is 0.880. The maximum absolute atomic E-state index is 11.1. The Hall–Kier alpha value is -1.26. The van der Waals surface area contributed by atoms with Crippen molar-refractivity contribution in [3.8, 4) is 11.5 Å². The van der Waals surface area contributed by atoms with Crippen LogP contribution in [0.5, 0.6) is 11.5 Å². The van der Waals surface area contributed by atoms with Gasteiger partial charge in [0.05, 0.1) is 4.08 Å². The van der Waals surface area contributed by atoms with E-state index in [4.69, 9.17) is 0 Å². The molecule has 1 saturated carbocycles. The minimum atomic E-state index is -0.134. The van der Waals surface area contributed by atoms with Crippen molar-refractivity contribution < 1.29 is 10.2 Å². The van der Waals surface area contributed by atoms with E-state index in [9.17, 15) is 10.2 Å². The highest BCUT2D eigenvalue weighted by molar-refractivity contribution is 8.18. The average Bonchev–Trinajstić information content (AvgIpc) is 3.39. The number of thioether (sulfide) groups is 2. The van der Waals surface area contributed by atoms with Gasteiger partial charge in [0.1, 0.15) is 11.5 Å². The third-order valence-corrected chi connectivity index (χ3v) is 9.67. The quantitative estimate of drug-likeness (QED) is 0.398. The second kappa shape index (κ2) is 8.94. The number of rotatable bonds is 4. The molecule has 2 aromatic rings. The van der Waals surface area contributed by atoms with E-state index >= 15 is 0 Å². The van der Waals surface area contributed by atoms with E-state index in [1.807, 2.05) is 23.5 Å². The first-order valence-corrected chi connectivity index (χ1v) is 14.4. The first kappa shape index (κ1) is 28.3. The molecule has 2 N–H and O–H groups in total. The molecule has 0 unspecified atom stereocenters. The smallest absolute Gasteiger partial charge is 0.123 e. The van der Waals surface area contributed by atoms with Gasteiger partial charge in [-0.2, -0.15) is 0 Å². The molecule has 1 fully saturated rings. The SMILES string of the molecule is CC(C)(C)c1cc(SC2(Sc3cc(C(C)(C)C)c(O)c(C(C)(C)C)c3)CC2)cc(C(C)(C)C)c1O. The predicted molar refractivity (Wildman–Crippen MR) is 155 cm³/mol. The molecule has 2 nitrogen and oxygen atoms in total. The number of phenolic OH excluding ortho intramolecular Hbond substituents is 2. The van der Waals surface area contributed by atoms with Gasteiger partial charge in [0.2, 0.25) is 0 Å². The first-order chi connectivity index (χ1) is 15.6. The summed E-state index contributed by atoms with van der Waals surface area (Å²) in [5.41, 5.74) is 3.53. The fraction of sp³-hybridized carbons (Fsp3) is 0.613. The van der Waals surface area contributed by atoms with E-state index in [0.29, 0.717) is 11.5 Å². The van der Waals surface area contributed by atoms with Crippen molar-refractivity contribution in [3.05, 3.63) is 46.5 Å². The molecule has 35 heavy (non-hydrogen) atoms. The number of benzene rings is 2. The summed E-state index contributed by atoms with van der Waals surface area (Å²) in [7, 11) is 0. The molecule has 194 valence electrons. The van der Waals surface area contributed by atoms with Crippen molar-refractivity contribution in [1.29, 1.82) is 0 Å². The Morgan fingerprint density at radius 3 is 0.914 bits per heavy atom. The molecule has 0 atom stereocenters. The number of hydrogen-bond donors (Lipinski definition) is 2. The lowest BCUT2D eigenvalue weighted by atomic mass is 9.79. The zero-order valence-corrected chi connectivity index (χ0v) is 25.6. The molecule has 0 aromatic heterocycles. The van der Waals surface area contributed by atoms with Gasteiger partial charge in [-0.3, -0.25) is 0 Å². The van der Waals surface area contributed by atoms with Crippen LogP contribution < -0.4 is 0 Å². The third-order valence-electron chi connectivity index (χ3n) is 6.66. The summed E-state index contributed by atoms with van der Waals surface area (Å²) in [6, 6.07) is 8.81. The van der Waals surface area contributed by atoms with Crippen LogP contribution in [-0.4, -0.2) is 14.3 Å². The van der Waals surface area contributed by atoms with Crippen LogP contribution in [0.1, 0.15) is 118 Å². The zero-order chi connectivity index (χ0) is 26.8. The molecular formula is C31H46O2S2. The van der Waals surface area contributed by atoms with Gasteiger partial charge >= 0.3 is 0 Å². The topological polar surface area (TPSA) is 40.5 Å². The normalized spacial score (nSPS) is 16.5. The lowest BCUT2D eigenvalue weighted by molar-refractivity contribution is 0.421. The average molecular weight is 515 g/mol. The number of phenols is 2.